The Kier molecular flexibility index (Phi) is 11.5. The van der Waals surface area contributed by atoms with Crippen LogP contribution in [0, 0.1) is 5.92 Å². The molecule has 0 aromatic heterocycles. The van der Waals surface area contributed by atoms with E-state index < -0.39 is 59.8 Å². The molecule has 8 atom stereocenters. The maximum Gasteiger partial charge on any atom is 0.409 e. The number of halogens is 1. The predicted molar refractivity (Wildman–Crippen MR) is 186 cm³/mol. The highest BCUT2D eigenvalue weighted by Gasteiger charge is 2.64. The van der Waals surface area contributed by atoms with E-state index in [1.807, 2.05) is 64.8 Å². The van der Waals surface area contributed by atoms with Crippen LogP contribution in [0.4, 0.5) is 10.5 Å². The molecule has 1 unspecified atom stereocenters. The van der Waals surface area contributed by atoms with E-state index >= 15 is 0 Å². The molecule has 2 amide bonds. The second-order valence-electron chi connectivity index (χ2n) is 14.7. The summed E-state index contributed by atoms with van der Waals surface area (Å²) >= 11 is 6.75. The van der Waals surface area contributed by atoms with E-state index in [0.717, 1.165) is 11.1 Å². The van der Waals surface area contributed by atoms with Gasteiger partial charge in [-0.25, -0.2) is 4.79 Å². The highest BCUT2D eigenvalue weighted by atomic mass is 35.5. The number of epoxide rings is 1. The highest BCUT2D eigenvalue weighted by Crippen LogP contribution is 2.49. The predicted octanol–water partition coefficient (Wildman–Crippen LogP) is 4.79. The van der Waals surface area contributed by atoms with E-state index in [4.69, 9.17) is 35.3 Å². The van der Waals surface area contributed by atoms with Gasteiger partial charge in [-0.1, -0.05) is 42.3 Å². The van der Waals surface area contributed by atoms with Crippen molar-refractivity contribution in [2.45, 2.75) is 115 Å². The average Bonchev–Trinajstić information content (AvgIpc) is 3.72. The van der Waals surface area contributed by atoms with Crippen LogP contribution in [0.25, 0.3) is 0 Å². The van der Waals surface area contributed by atoms with Crippen molar-refractivity contribution in [2.24, 2.45) is 5.92 Å². The van der Waals surface area contributed by atoms with Crippen LogP contribution in [0.5, 0.6) is 5.75 Å². The van der Waals surface area contributed by atoms with Crippen LogP contribution in [0.2, 0.25) is 5.02 Å². The van der Waals surface area contributed by atoms with Gasteiger partial charge in [-0.05, 0) is 72.7 Å². The number of carbonyl (C=O) groups is 3. The van der Waals surface area contributed by atoms with Gasteiger partial charge in [0.2, 0.25) is 5.91 Å². The van der Waals surface area contributed by atoms with E-state index in [9.17, 15) is 19.5 Å². The summed E-state index contributed by atoms with van der Waals surface area (Å²) in [6.07, 6.45) is 1.48. The maximum absolute atomic E-state index is 14.1. The number of alkyl carbamates (subject to hydrolysis) is 1. The van der Waals surface area contributed by atoms with Gasteiger partial charge in [0.25, 0.3) is 0 Å². The Morgan fingerprint density at radius 1 is 1.24 bits per heavy atom. The monoisotopic (exact) mass is 705 g/mol. The van der Waals surface area contributed by atoms with Gasteiger partial charge in [-0.2, -0.15) is 0 Å². The molecule has 3 heterocycles. The number of hydrogen-bond acceptors (Lipinski definition) is 10. The van der Waals surface area contributed by atoms with Gasteiger partial charge in [0.15, 0.2) is 5.72 Å². The van der Waals surface area contributed by atoms with E-state index in [-0.39, 0.29) is 29.3 Å². The first-order valence-corrected chi connectivity index (χ1v) is 17.0. The van der Waals surface area contributed by atoms with E-state index in [2.05, 4.69) is 5.32 Å². The largest absolute Gasteiger partial charge is 0.495 e. The second kappa shape index (κ2) is 14.6. The number of allylic oxidation sites excluding steroid dienone is 3. The van der Waals surface area contributed by atoms with Crippen LogP contribution in [0.3, 0.4) is 0 Å². The van der Waals surface area contributed by atoms with Gasteiger partial charge in [-0.3, -0.25) is 19.8 Å². The normalized spacial score (nSPS) is 33.4. The molecule has 4 bridgehead atoms. The topological polar surface area (TPSA) is 139 Å². The summed E-state index contributed by atoms with van der Waals surface area (Å²) in [5, 5.41) is 14.5. The van der Waals surface area contributed by atoms with E-state index in [1.165, 1.54) is 19.1 Å². The van der Waals surface area contributed by atoms with Gasteiger partial charge in [0, 0.05) is 32.0 Å². The standard InChI is InChI=1S/C36H52ClN3O9/c1-20-13-12-14-27(46-11)36(44)19-26(47-33(43)38-36)21(2)31-35(7,49-31)28(48-32(42)22(3)40(9)34(4,5)6)18-29(41)39(8)24-16-23(15-20)17-25(45-10)30(24)37/h12-14,16-17,21-22,26-28,31,44H,15,18-19H2,1-11H3,(H,38,43)/b14-12+,20-13+/t21-,22+,26+,27-,28+,31?,35+,36+/m1/s1. The zero-order chi connectivity index (χ0) is 36.6. The molecule has 1 aromatic carbocycles. The molecule has 0 spiro atoms. The van der Waals surface area contributed by atoms with Crippen molar-refractivity contribution in [2.75, 3.05) is 33.2 Å². The minimum absolute atomic E-state index is 0.00888. The lowest BCUT2D eigenvalue weighted by molar-refractivity contribution is -0.160. The molecular weight excluding hydrogens is 654 g/mol. The zero-order valence-electron chi connectivity index (χ0n) is 30.5. The molecule has 49 heavy (non-hydrogen) atoms. The van der Waals surface area contributed by atoms with Crippen molar-refractivity contribution in [1.29, 1.82) is 0 Å². The third kappa shape index (κ3) is 8.26. The fraction of sp³-hybridized carbons (Fsp3) is 0.639. The third-order valence-corrected chi connectivity index (χ3v) is 10.6. The van der Waals surface area contributed by atoms with Crippen LogP contribution < -0.4 is 15.0 Å². The van der Waals surface area contributed by atoms with Gasteiger partial charge >= 0.3 is 12.1 Å². The fourth-order valence-corrected chi connectivity index (χ4v) is 6.90. The van der Waals surface area contributed by atoms with Crippen LogP contribution >= 0.6 is 11.6 Å². The molecular formula is C36H52ClN3O9. The molecule has 0 aliphatic carbocycles. The second-order valence-corrected chi connectivity index (χ2v) is 15.1. The van der Waals surface area contributed by atoms with Crippen molar-refractivity contribution >= 4 is 35.3 Å². The first-order chi connectivity index (χ1) is 22.7. The molecule has 3 aliphatic heterocycles. The molecule has 3 aliphatic rings. The molecule has 0 saturated carbocycles. The minimum Gasteiger partial charge on any atom is -0.495 e. The Morgan fingerprint density at radius 2 is 1.92 bits per heavy atom. The fourth-order valence-electron chi connectivity index (χ4n) is 6.58. The molecule has 2 N–H and O–H groups in total. The Bertz CT molecular complexity index is 1490. The number of anilines is 1. The molecule has 2 fully saturated rings. The average molecular weight is 706 g/mol. The van der Waals surface area contributed by atoms with Gasteiger partial charge in [0.05, 0.1) is 25.3 Å². The number of amides is 2. The number of esters is 1. The van der Waals surface area contributed by atoms with Gasteiger partial charge < -0.3 is 33.7 Å². The smallest absolute Gasteiger partial charge is 0.409 e. The number of fused-ring (bicyclic) bond motifs is 5. The summed E-state index contributed by atoms with van der Waals surface area (Å²) in [5.74, 6) is -0.938. The van der Waals surface area contributed by atoms with Crippen molar-refractivity contribution in [1.82, 2.24) is 10.2 Å². The molecule has 272 valence electrons. The van der Waals surface area contributed by atoms with Crippen LogP contribution in [0.1, 0.15) is 66.9 Å². The summed E-state index contributed by atoms with van der Waals surface area (Å²) in [7, 11) is 6.42. The molecule has 2 saturated heterocycles. The number of nitrogens with one attached hydrogen (secondary N) is 1. The Morgan fingerprint density at radius 3 is 2.53 bits per heavy atom. The van der Waals surface area contributed by atoms with Gasteiger partial charge in [-0.15, -0.1) is 0 Å². The SMILES string of the molecule is COc1cc2cc(c1Cl)N(C)C(=O)C[C@H](OC(=O)[C@H](C)N(C)C(C)(C)C)[C@]1(C)OC1[C@H](C)[C@@H]1C[C@@](O)(NC(=O)O1)[C@H](OC)/C=C/C=C(\C)C2. The van der Waals surface area contributed by atoms with E-state index in [1.54, 1.807) is 33.0 Å². The lowest BCUT2D eigenvalue weighted by atomic mass is 9.83. The Balaban J connectivity index is 1.79. The lowest BCUT2D eigenvalue weighted by Gasteiger charge is -2.42. The zero-order valence-corrected chi connectivity index (χ0v) is 31.2. The number of ether oxygens (including phenoxy) is 5. The van der Waals surface area contributed by atoms with Crippen LogP contribution in [0.15, 0.2) is 35.9 Å². The van der Waals surface area contributed by atoms with Crippen LogP contribution in [-0.2, 0) is 35.0 Å². The number of hydrogen-bond donors (Lipinski definition) is 2. The lowest BCUT2D eigenvalue weighted by Crippen LogP contribution is -2.63. The summed E-state index contributed by atoms with van der Waals surface area (Å²) in [6, 6.07) is 3.01. The van der Waals surface area contributed by atoms with Crippen molar-refractivity contribution < 1.29 is 43.2 Å². The van der Waals surface area contributed by atoms with Crippen LogP contribution in [-0.4, -0.2) is 104 Å². The summed E-state index contributed by atoms with van der Waals surface area (Å²) in [4.78, 5) is 43.9. The van der Waals surface area contributed by atoms with Gasteiger partial charge in [0.1, 0.15) is 40.7 Å². The van der Waals surface area contributed by atoms with Crippen molar-refractivity contribution in [3.05, 3.63) is 46.5 Å². The number of aliphatic hydroxyl groups is 1. The number of likely N-dealkylation sites (N-methyl/N-ethyl adjacent to an activating group) is 1. The molecule has 0 radical (unpaired) electrons. The van der Waals surface area contributed by atoms with Crippen molar-refractivity contribution in [3.63, 3.8) is 0 Å². The molecule has 4 rings (SSSR count). The number of carbonyl (C=O) groups excluding carboxylic acids is 3. The molecule has 13 heteroatoms. The number of rotatable bonds is 5. The number of methoxy groups -OCH3 is 2. The number of benzene rings is 1. The third-order valence-electron chi connectivity index (χ3n) is 10.2. The minimum atomic E-state index is -1.79. The first-order valence-electron chi connectivity index (χ1n) is 16.6. The van der Waals surface area contributed by atoms with Crippen molar-refractivity contribution in [3.8, 4) is 5.75 Å². The summed E-state index contributed by atoms with van der Waals surface area (Å²) < 4.78 is 29.3. The number of nitrogens with zero attached hydrogens (tertiary/aromatic N) is 2. The summed E-state index contributed by atoms with van der Waals surface area (Å²) in [6.45, 7) is 13.3. The highest BCUT2D eigenvalue weighted by molar-refractivity contribution is 6.35. The summed E-state index contributed by atoms with van der Waals surface area (Å²) in [5.41, 5.74) is -1.00. The quantitative estimate of drug-likeness (QED) is 0.325. The Labute approximate surface area is 294 Å². The maximum atomic E-state index is 14.1. The molecule has 1 aromatic rings. The van der Waals surface area contributed by atoms with E-state index in [0.29, 0.717) is 17.9 Å². The molecule has 12 nitrogen and oxygen atoms in total. The first kappa shape index (κ1) is 38.6. The Hall–Kier alpha value is -3.16.